The van der Waals surface area contributed by atoms with Crippen LogP contribution in [0.25, 0.3) is 0 Å². The van der Waals surface area contributed by atoms with Gasteiger partial charge in [0, 0.05) is 13.0 Å². The molecule has 1 aliphatic rings. The number of aldehydes is 1. The Labute approximate surface area is 78.9 Å². The molecule has 0 N–H and O–H groups in total. The van der Waals surface area contributed by atoms with Gasteiger partial charge in [0.25, 0.3) is 0 Å². The fraction of sp³-hybridized carbons (Fsp3) is 0.500. The highest BCUT2D eigenvalue weighted by molar-refractivity contribution is 9.10. The molecule has 12 heavy (non-hydrogen) atoms. The Hall–Kier alpha value is -0.640. The number of carbonyl (C=O) groups excluding carboxylic acids is 1. The molecule has 3 nitrogen and oxygen atoms in total. The Morgan fingerprint density at radius 3 is 2.75 bits per heavy atom. The minimum Gasteiger partial charge on any atom is -0.328 e. The van der Waals surface area contributed by atoms with Gasteiger partial charge in [0.15, 0.2) is 12.1 Å². The summed E-state index contributed by atoms with van der Waals surface area (Å²) in [5, 5.41) is 0. The van der Waals surface area contributed by atoms with Crippen molar-refractivity contribution in [1.29, 1.82) is 0 Å². The summed E-state index contributed by atoms with van der Waals surface area (Å²) in [5.41, 5.74) is 1.16. The molecule has 0 amide bonds. The van der Waals surface area contributed by atoms with Gasteiger partial charge in [0.1, 0.15) is 4.60 Å². The van der Waals surface area contributed by atoms with Crippen LogP contribution in [0.15, 0.2) is 4.60 Å². The molecule has 0 unspecified atom stereocenters. The van der Waals surface area contributed by atoms with E-state index in [4.69, 9.17) is 0 Å². The zero-order valence-electron chi connectivity index (χ0n) is 6.75. The molecule has 0 spiro atoms. The molecule has 1 aliphatic carbocycles. The van der Waals surface area contributed by atoms with Crippen molar-refractivity contribution < 1.29 is 4.79 Å². The minimum absolute atomic E-state index is 0.503. The molecule has 0 radical (unpaired) electrons. The molecule has 1 heterocycles. The van der Waals surface area contributed by atoms with E-state index >= 15 is 0 Å². The smallest absolute Gasteiger partial charge is 0.185 e. The van der Waals surface area contributed by atoms with Gasteiger partial charge >= 0.3 is 0 Å². The number of hydrogen-bond donors (Lipinski definition) is 0. The van der Waals surface area contributed by atoms with E-state index in [1.807, 2.05) is 11.6 Å². The molecule has 64 valence electrons. The third kappa shape index (κ3) is 1.10. The lowest BCUT2D eigenvalue weighted by Gasteiger charge is -1.99. The zero-order valence-corrected chi connectivity index (χ0v) is 8.34. The number of hydrogen-bond acceptors (Lipinski definition) is 2. The molecule has 2 rings (SSSR count). The van der Waals surface area contributed by atoms with Crippen LogP contribution in [0, 0.1) is 0 Å². The third-order valence-electron chi connectivity index (χ3n) is 2.20. The molecule has 0 aliphatic heterocycles. The highest BCUT2D eigenvalue weighted by Gasteiger charge is 2.30. The summed E-state index contributed by atoms with van der Waals surface area (Å²) in [7, 11) is 1.88. The predicted molar refractivity (Wildman–Crippen MR) is 48.3 cm³/mol. The van der Waals surface area contributed by atoms with Crippen LogP contribution in [-0.4, -0.2) is 15.8 Å². The van der Waals surface area contributed by atoms with E-state index in [-0.39, 0.29) is 0 Å². The van der Waals surface area contributed by atoms with Crippen molar-refractivity contribution in [2.45, 2.75) is 18.8 Å². The van der Waals surface area contributed by atoms with Crippen LogP contribution < -0.4 is 0 Å². The molecule has 0 bridgehead atoms. The SMILES string of the molecule is Cn1c(C=O)nc(Br)c1C1CC1. The highest BCUT2D eigenvalue weighted by atomic mass is 79.9. The third-order valence-corrected chi connectivity index (χ3v) is 2.78. The molecular weight excluding hydrogens is 220 g/mol. The molecule has 4 heteroatoms. The van der Waals surface area contributed by atoms with Gasteiger partial charge in [-0.1, -0.05) is 0 Å². The van der Waals surface area contributed by atoms with Crippen LogP contribution in [0.4, 0.5) is 0 Å². The first-order chi connectivity index (χ1) is 5.74. The van der Waals surface area contributed by atoms with Crippen molar-refractivity contribution in [2.24, 2.45) is 7.05 Å². The average Bonchev–Trinajstić information content (AvgIpc) is 2.80. The monoisotopic (exact) mass is 228 g/mol. The molecule has 0 atom stereocenters. The highest BCUT2D eigenvalue weighted by Crippen LogP contribution is 2.42. The van der Waals surface area contributed by atoms with E-state index in [0.717, 1.165) is 16.6 Å². The predicted octanol–water partition coefficient (Wildman–Crippen LogP) is 1.87. The Balaban J connectivity index is 2.50. The Morgan fingerprint density at radius 2 is 2.33 bits per heavy atom. The van der Waals surface area contributed by atoms with Crippen molar-refractivity contribution in [1.82, 2.24) is 9.55 Å². The first-order valence-corrected chi connectivity index (χ1v) is 4.70. The molecule has 0 saturated heterocycles. The van der Waals surface area contributed by atoms with Gasteiger partial charge < -0.3 is 4.57 Å². The van der Waals surface area contributed by atoms with Crippen molar-refractivity contribution >= 4 is 22.2 Å². The van der Waals surface area contributed by atoms with Crippen LogP contribution >= 0.6 is 15.9 Å². The summed E-state index contributed by atoms with van der Waals surface area (Å²) in [6, 6.07) is 0. The van der Waals surface area contributed by atoms with Crippen LogP contribution in [0.3, 0.4) is 0 Å². The summed E-state index contributed by atoms with van der Waals surface area (Å²) >= 11 is 3.36. The number of rotatable bonds is 2. The van der Waals surface area contributed by atoms with E-state index in [0.29, 0.717) is 11.7 Å². The largest absolute Gasteiger partial charge is 0.328 e. The van der Waals surface area contributed by atoms with Crippen LogP contribution in [-0.2, 0) is 7.05 Å². The standard InChI is InChI=1S/C8H9BrN2O/c1-11-6(4-12)10-8(9)7(11)5-2-3-5/h4-5H,2-3H2,1H3. The van der Waals surface area contributed by atoms with Gasteiger partial charge in [-0.25, -0.2) is 4.98 Å². The second kappa shape index (κ2) is 2.69. The van der Waals surface area contributed by atoms with Crippen molar-refractivity contribution in [3.8, 4) is 0 Å². The maximum Gasteiger partial charge on any atom is 0.185 e. The number of aromatic nitrogens is 2. The van der Waals surface area contributed by atoms with Crippen LogP contribution in [0.2, 0.25) is 0 Å². The molecule has 1 aromatic heterocycles. The van der Waals surface area contributed by atoms with Gasteiger partial charge in [-0.05, 0) is 28.8 Å². The summed E-state index contributed by atoms with van der Waals surface area (Å²) in [6.07, 6.45) is 3.23. The van der Waals surface area contributed by atoms with E-state index in [1.165, 1.54) is 12.8 Å². The Kier molecular flexibility index (Phi) is 1.79. The van der Waals surface area contributed by atoms with Crippen molar-refractivity contribution in [3.63, 3.8) is 0 Å². The van der Waals surface area contributed by atoms with Gasteiger partial charge in [-0.3, -0.25) is 4.79 Å². The normalized spacial score (nSPS) is 16.5. The topological polar surface area (TPSA) is 34.9 Å². The van der Waals surface area contributed by atoms with Crippen molar-refractivity contribution in [2.75, 3.05) is 0 Å². The van der Waals surface area contributed by atoms with Gasteiger partial charge in [0.2, 0.25) is 0 Å². The van der Waals surface area contributed by atoms with E-state index in [1.54, 1.807) is 0 Å². The first kappa shape index (κ1) is 7.98. The maximum absolute atomic E-state index is 10.5. The number of halogens is 1. The molecule has 1 aromatic rings. The van der Waals surface area contributed by atoms with Gasteiger partial charge in [-0.2, -0.15) is 0 Å². The quantitative estimate of drug-likeness (QED) is 0.725. The molecule has 1 fully saturated rings. The maximum atomic E-state index is 10.5. The van der Waals surface area contributed by atoms with Gasteiger partial charge in [0.05, 0.1) is 5.69 Å². The summed E-state index contributed by atoms with van der Waals surface area (Å²) in [6.45, 7) is 0. The van der Waals surface area contributed by atoms with Crippen molar-refractivity contribution in [3.05, 3.63) is 16.1 Å². The second-order valence-corrected chi connectivity index (χ2v) is 3.85. The van der Waals surface area contributed by atoms with Crippen LogP contribution in [0.5, 0.6) is 0 Å². The van der Waals surface area contributed by atoms with E-state index in [2.05, 4.69) is 20.9 Å². The zero-order chi connectivity index (χ0) is 8.72. The lowest BCUT2D eigenvalue weighted by atomic mass is 10.3. The number of imidazole rings is 1. The summed E-state index contributed by atoms with van der Waals surface area (Å²) in [5.74, 6) is 1.12. The summed E-state index contributed by atoms with van der Waals surface area (Å²) < 4.78 is 2.70. The Morgan fingerprint density at radius 1 is 1.67 bits per heavy atom. The first-order valence-electron chi connectivity index (χ1n) is 3.91. The number of carbonyl (C=O) groups is 1. The summed E-state index contributed by atoms with van der Waals surface area (Å²) in [4.78, 5) is 14.6. The van der Waals surface area contributed by atoms with Gasteiger partial charge in [-0.15, -0.1) is 0 Å². The van der Waals surface area contributed by atoms with Crippen LogP contribution in [0.1, 0.15) is 35.1 Å². The minimum atomic E-state index is 0.503. The fourth-order valence-corrected chi connectivity index (χ4v) is 2.17. The Bertz CT molecular complexity index is 328. The lowest BCUT2D eigenvalue weighted by Crippen LogP contribution is -1.99. The van der Waals surface area contributed by atoms with E-state index < -0.39 is 0 Å². The molecule has 0 aromatic carbocycles. The molecule has 1 saturated carbocycles. The van der Waals surface area contributed by atoms with E-state index in [9.17, 15) is 4.79 Å². The second-order valence-electron chi connectivity index (χ2n) is 3.10. The molecular formula is C8H9BrN2O. The number of nitrogens with zero attached hydrogens (tertiary/aromatic N) is 2. The average molecular weight is 229 g/mol. The lowest BCUT2D eigenvalue weighted by molar-refractivity contribution is 0.111. The fourth-order valence-electron chi connectivity index (χ4n) is 1.40.